The van der Waals surface area contributed by atoms with Crippen LogP contribution in [0.2, 0.25) is 0 Å². The molecule has 8 heteroatoms. The third-order valence-corrected chi connectivity index (χ3v) is 5.02. The van der Waals surface area contributed by atoms with Crippen molar-refractivity contribution >= 4 is 6.03 Å². The predicted molar refractivity (Wildman–Crippen MR) is 105 cm³/mol. The van der Waals surface area contributed by atoms with Crippen molar-refractivity contribution in [2.75, 3.05) is 33.3 Å². The fraction of sp³-hybridized carbons (Fsp3) is 0.550. The maximum absolute atomic E-state index is 11.9. The first-order chi connectivity index (χ1) is 13.6. The average molecular weight is 387 g/mol. The highest BCUT2D eigenvalue weighted by molar-refractivity contribution is 5.73. The van der Waals surface area contributed by atoms with E-state index in [1.807, 2.05) is 12.1 Å². The largest absolute Gasteiger partial charge is 0.497 e. The maximum atomic E-state index is 11.9. The Bertz CT molecular complexity index is 739. The van der Waals surface area contributed by atoms with E-state index in [2.05, 4.69) is 37.8 Å². The average Bonchev–Trinajstić information content (AvgIpc) is 3.13. The van der Waals surface area contributed by atoms with Crippen LogP contribution in [0.4, 0.5) is 4.79 Å². The van der Waals surface area contributed by atoms with E-state index >= 15 is 0 Å². The Hall–Kier alpha value is -2.61. The van der Waals surface area contributed by atoms with Gasteiger partial charge in [-0.3, -0.25) is 4.90 Å². The molecule has 1 saturated heterocycles. The first kappa shape index (κ1) is 20.1. The first-order valence-corrected chi connectivity index (χ1v) is 9.78. The van der Waals surface area contributed by atoms with Crippen LogP contribution in [-0.4, -0.2) is 54.4 Å². The minimum atomic E-state index is -0.142. The quantitative estimate of drug-likeness (QED) is 0.721. The monoisotopic (exact) mass is 387 g/mol. The summed E-state index contributed by atoms with van der Waals surface area (Å²) < 4.78 is 10.2. The van der Waals surface area contributed by atoms with E-state index in [1.165, 1.54) is 5.56 Å². The maximum Gasteiger partial charge on any atom is 0.314 e. The number of hydrogen-bond donors (Lipinski definition) is 2. The lowest BCUT2D eigenvalue weighted by Crippen LogP contribution is -2.42. The molecule has 1 aliphatic heterocycles. The van der Waals surface area contributed by atoms with Gasteiger partial charge in [-0.05, 0) is 56.5 Å². The molecule has 2 aromatic rings. The lowest BCUT2D eigenvalue weighted by atomic mass is 9.96. The van der Waals surface area contributed by atoms with E-state index in [1.54, 1.807) is 14.0 Å². The van der Waals surface area contributed by atoms with Crippen molar-refractivity contribution in [2.24, 2.45) is 5.92 Å². The summed E-state index contributed by atoms with van der Waals surface area (Å²) in [7, 11) is 1.68. The van der Waals surface area contributed by atoms with Crippen LogP contribution in [0.3, 0.4) is 0 Å². The van der Waals surface area contributed by atoms with Gasteiger partial charge >= 0.3 is 6.03 Å². The molecule has 0 bridgehead atoms. The minimum absolute atomic E-state index is 0.142. The second-order valence-corrected chi connectivity index (χ2v) is 7.19. The molecule has 0 atom stereocenters. The van der Waals surface area contributed by atoms with Gasteiger partial charge < -0.3 is 19.9 Å². The van der Waals surface area contributed by atoms with Gasteiger partial charge in [-0.25, -0.2) is 4.79 Å². The number of carbonyl (C=O) groups excluding carboxylic acids is 1. The smallest absolute Gasteiger partial charge is 0.314 e. The SMILES string of the molecule is COc1ccc(CN2CCC(CNC(=O)NCCc3nc(C)no3)CC2)cc1. The molecule has 152 valence electrons. The summed E-state index contributed by atoms with van der Waals surface area (Å²) in [6.45, 7) is 6.03. The highest BCUT2D eigenvalue weighted by Crippen LogP contribution is 2.19. The van der Waals surface area contributed by atoms with Crippen LogP contribution in [0.15, 0.2) is 28.8 Å². The molecule has 1 fully saturated rings. The number of likely N-dealkylation sites (tertiary alicyclic amines) is 1. The standard InChI is InChI=1S/C20H29N5O3/c1-15-23-19(28-24-15)7-10-21-20(26)22-13-16-8-11-25(12-9-16)14-17-3-5-18(27-2)6-4-17/h3-6,16H,7-14H2,1-2H3,(H2,21,22,26). The zero-order chi connectivity index (χ0) is 19.8. The number of aryl methyl sites for hydroxylation is 1. The van der Waals surface area contributed by atoms with Crippen molar-refractivity contribution in [1.29, 1.82) is 0 Å². The van der Waals surface area contributed by atoms with Gasteiger partial charge in [0, 0.05) is 26.1 Å². The lowest BCUT2D eigenvalue weighted by Gasteiger charge is -2.32. The fourth-order valence-electron chi connectivity index (χ4n) is 3.36. The molecular weight excluding hydrogens is 358 g/mol. The number of aromatic nitrogens is 2. The number of hydrogen-bond acceptors (Lipinski definition) is 6. The molecule has 1 aromatic heterocycles. The zero-order valence-electron chi connectivity index (χ0n) is 16.6. The molecule has 28 heavy (non-hydrogen) atoms. The van der Waals surface area contributed by atoms with Crippen LogP contribution >= 0.6 is 0 Å². The van der Waals surface area contributed by atoms with E-state index in [9.17, 15) is 4.79 Å². The summed E-state index contributed by atoms with van der Waals surface area (Å²) in [5.74, 6) is 2.57. The molecule has 1 aliphatic rings. The van der Waals surface area contributed by atoms with E-state index in [4.69, 9.17) is 9.26 Å². The van der Waals surface area contributed by atoms with E-state index in [0.717, 1.165) is 38.2 Å². The van der Waals surface area contributed by atoms with Crippen LogP contribution < -0.4 is 15.4 Å². The van der Waals surface area contributed by atoms with Crippen LogP contribution in [-0.2, 0) is 13.0 Å². The van der Waals surface area contributed by atoms with Crippen molar-refractivity contribution in [1.82, 2.24) is 25.7 Å². The normalized spacial score (nSPS) is 15.4. The molecule has 8 nitrogen and oxygen atoms in total. The number of nitrogens with zero attached hydrogens (tertiary/aromatic N) is 3. The lowest BCUT2D eigenvalue weighted by molar-refractivity contribution is 0.175. The van der Waals surface area contributed by atoms with E-state index in [0.29, 0.717) is 37.1 Å². The van der Waals surface area contributed by atoms with Crippen LogP contribution in [0.1, 0.15) is 30.1 Å². The molecule has 0 spiro atoms. The highest BCUT2D eigenvalue weighted by Gasteiger charge is 2.19. The zero-order valence-corrected chi connectivity index (χ0v) is 16.6. The number of ether oxygens (including phenoxy) is 1. The molecular formula is C20H29N5O3. The Kier molecular flexibility index (Phi) is 7.25. The minimum Gasteiger partial charge on any atom is -0.497 e. The van der Waals surface area contributed by atoms with Crippen LogP contribution in [0, 0.1) is 12.8 Å². The molecule has 0 unspecified atom stereocenters. The third-order valence-electron chi connectivity index (χ3n) is 5.02. The summed E-state index contributed by atoms with van der Waals surface area (Å²) in [6, 6.07) is 8.10. The predicted octanol–water partition coefficient (Wildman–Crippen LogP) is 2.14. The summed E-state index contributed by atoms with van der Waals surface area (Å²) in [6.07, 6.45) is 2.73. The van der Waals surface area contributed by atoms with Crippen molar-refractivity contribution in [2.45, 2.75) is 32.7 Å². The number of piperidine rings is 1. The Morgan fingerprint density at radius 3 is 2.64 bits per heavy atom. The summed E-state index contributed by atoms with van der Waals surface area (Å²) in [5.41, 5.74) is 1.30. The molecule has 3 rings (SSSR count). The van der Waals surface area contributed by atoms with Crippen LogP contribution in [0.25, 0.3) is 0 Å². The van der Waals surface area contributed by atoms with Gasteiger partial charge in [-0.15, -0.1) is 0 Å². The van der Waals surface area contributed by atoms with Crippen molar-refractivity contribution in [3.8, 4) is 5.75 Å². The number of nitrogens with one attached hydrogen (secondary N) is 2. The topological polar surface area (TPSA) is 92.5 Å². The molecule has 1 aromatic carbocycles. The summed E-state index contributed by atoms with van der Waals surface area (Å²) in [5, 5.41) is 9.53. The second kappa shape index (κ2) is 10.1. The third kappa shape index (κ3) is 6.23. The number of amides is 2. The molecule has 2 N–H and O–H groups in total. The summed E-state index contributed by atoms with van der Waals surface area (Å²) in [4.78, 5) is 18.5. The Labute approximate surface area is 165 Å². The summed E-state index contributed by atoms with van der Waals surface area (Å²) >= 11 is 0. The second-order valence-electron chi connectivity index (χ2n) is 7.19. The highest BCUT2D eigenvalue weighted by atomic mass is 16.5. The molecule has 2 amide bonds. The Morgan fingerprint density at radius 2 is 2.00 bits per heavy atom. The van der Waals surface area contributed by atoms with Crippen LogP contribution in [0.5, 0.6) is 5.75 Å². The van der Waals surface area contributed by atoms with Crippen molar-refractivity contribution in [3.63, 3.8) is 0 Å². The molecule has 2 heterocycles. The van der Waals surface area contributed by atoms with Gasteiger partial charge in [0.25, 0.3) is 0 Å². The number of urea groups is 1. The van der Waals surface area contributed by atoms with E-state index in [-0.39, 0.29) is 6.03 Å². The fourth-order valence-corrected chi connectivity index (χ4v) is 3.36. The van der Waals surface area contributed by atoms with Crippen molar-refractivity contribution < 1.29 is 14.1 Å². The Morgan fingerprint density at radius 1 is 1.25 bits per heavy atom. The van der Waals surface area contributed by atoms with Gasteiger partial charge in [0.15, 0.2) is 5.82 Å². The molecule has 0 saturated carbocycles. The van der Waals surface area contributed by atoms with Gasteiger partial charge in [-0.2, -0.15) is 4.98 Å². The molecule has 0 aliphatic carbocycles. The van der Waals surface area contributed by atoms with E-state index < -0.39 is 0 Å². The number of benzene rings is 1. The number of methoxy groups -OCH3 is 1. The number of rotatable bonds is 8. The van der Waals surface area contributed by atoms with Gasteiger partial charge in [0.1, 0.15) is 5.75 Å². The van der Waals surface area contributed by atoms with Gasteiger partial charge in [0.2, 0.25) is 5.89 Å². The molecule has 0 radical (unpaired) electrons. The number of carbonyl (C=O) groups is 1. The first-order valence-electron chi connectivity index (χ1n) is 9.78. The van der Waals surface area contributed by atoms with Gasteiger partial charge in [0.05, 0.1) is 7.11 Å². The Balaban J connectivity index is 1.28. The van der Waals surface area contributed by atoms with Crippen molar-refractivity contribution in [3.05, 3.63) is 41.5 Å². The van der Waals surface area contributed by atoms with Gasteiger partial charge in [-0.1, -0.05) is 17.3 Å².